The fourth-order valence-corrected chi connectivity index (χ4v) is 0.365. The molecule has 7 heteroatoms. The minimum Gasteiger partial charge on any atom is -0.359 e. The third kappa shape index (κ3) is 0.775. The largest absolute Gasteiger partial charge is 0.447 e. The van der Waals surface area contributed by atoms with E-state index < -0.39 is 16.6 Å². The fourth-order valence-electron chi connectivity index (χ4n) is 0.365. The first-order chi connectivity index (χ1) is 4.75. The predicted molar refractivity (Wildman–Crippen MR) is 27.2 cm³/mol. The highest BCUT2D eigenvalue weighted by atomic mass is 16.6. The first-order valence-corrected chi connectivity index (χ1v) is 2.10. The van der Waals surface area contributed by atoms with Crippen molar-refractivity contribution in [3.8, 4) is 0 Å². The molecule has 0 atom stereocenters. The minimum absolute atomic E-state index is 0.426. The van der Waals surface area contributed by atoms with Crippen LogP contribution in [-0.4, -0.2) is 15.2 Å². The molecule has 0 radical (unpaired) electrons. The van der Waals surface area contributed by atoms with Gasteiger partial charge in [-0.3, -0.25) is 0 Å². The van der Waals surface area contributed by atoms with Crippen molar-refractivity contribution < 1.29 is 9.55 Å². The molecular formula is C3N4O3. The SMILES string of the molecule is [C-]#[N+]c1nonc1[N+](=O)[O-]. The van der Waals surface area contributed by atoms with Gasteiger partial charge in [-0.25, -0.2) is 0 Å². The first kappa shape index (κ1) is 6.15. The number of nitrogens with zero attached hydrogens (tertiary/aromatic N) is 4. The van der Waals surface area contributed by atoms with Gasteiger partial charge in [-0.1, -0.05) is 6.57 Å². The van der Waals surface area contributed by atoms with E-state index in [-0.39, 0.29) is 0 Å². The normalized spacial score (nSPS) is 8.70. The van der Waals surface area contributed by atoms with Crippen molar-refractivity contribution in [2.45, 2.75) is 0 Å². The van der Waals surface area contributed by atoms with Gasteiger partial charge in [0.2, 0.25) is 5.16 Å². The Labute approximate surface area is 54.2 Å². The van der Waals surface area contributed by atoms with Gasteiger partial charge in [-0.15, -0.1) is 0 Å². The van der Waals surface area contributed by atoms with Gasteiger partial charge in [0.1, 0.15) is 5.16 Å². The third-order valence-electron chi connectivity index (χ3n) is 0.733. The summed E-state index contributed by atoms with van der Waals surface area (Å²) in [6.07, 6.45) is 0. The average molecular weight is 140 g/mol. The van der Waals surface area contributed by atoms with Gasteiger partial charge < -0.3 is 15.0 Å². The standard InChI is InChI=1S/C3N4O3/c1-4-2-3(7(8)9)6-10-5-2. The van der Waals surface area contributed by atoms with E-state index >= 15 is 0 Å². The van der Waals surface area contributed by atoms with E-state index in [1.165, 1.54) is 0 Å². The van der Waals surface area contributed by atoms with Gasteiger partial charge in [0.05, 0.1) is 0 Å². The summed E-state index contributed by atoms with van der Waals surface area (Å²) in [6.45, 7) is 6.35. The second kappa shape index (κ2) is 2.10. The maximum Gasteiger partial charge on any atom is 0.447 e. The van der Waals surface area contributed by atoms with Gasteiger partial charge in [-0.05, 0) is 9.55 Å². The zero-order valence-electron chi connectivity index (χ0n) is 4.51. The van der Waals surface area contributed by atoms with Crippen LogP contribution in [0.5, 0.6) is 0 Å². The Balaban J connectivity index is 3.17. The van der Waals surface area contributed by atoms with E-state index in [0.29, 0.717) is 0 Å². The van der Waals surface area contributed by atoms with Gasteiger partial charge in [-0.2, -0.15) is 0 Å². The zero-order chi connectivity index (χ0) is 7.56. The number of hydrogen-bond donors (Lipinski definition) is 0. The number of rotatable bonds is 1. The second-order valence-corrected chi connectivity index (χ2v) is 1.28. The van der Waals surface area contributed by atoms with E-state index in [0.717, 1.165) is 0 Å². The van der Waals surface area contributed by atoms with Crippen molar-refractivity contribution in [3.05, 3.63) is 21.5 Å². The molecule has 0 amide bonds. The van der Waals surface area contributed by atoms with Gasteiger partial charge in [0.25, 0.3) is 0 Å². The Morgan fingerprint density at radius 1 is 1.70 bits per heavy atom. The van der Waals surface area contributed by atoms with Crippen LogP contribution in [0.1, 0.15) is 0 Å². The highest BCUT2D eigenvalue weighted by molar-refractivity contribution is 5.49. The molecule has 7 nitrogen and oxygen atoms in total. The quantitative estimate of drug-likeness (QED) is 0.322. The molecule has 0 saturated carbocycles. The smallest absolute Gasteiger partial charge is 0.359 e. The Kier molecular flexibility index (Phi) is 1.29. The highest BCUT2D eigenvalue weighted by Crippen LogP contribution is 2.20. The molecule has 0 N–H and O–H groups in total. The van der Waals surface area contributed by atoms with E-state index in [2.05, 4.69) is 19.8 Å². The van der Waals surface area contributed by atoms with Crippen LogP contribution in [0, 0.1) is 16.7 Å². The van der Waals surface area contributed by atoms with Crippen LogP contribution in [0.15, 0.2) is 4.63 Å². The van der Waals surface area contributed by atoms with Crippen LogP contribution in [-0.2, 0) is 0 Å². The van der Waals surface area contributed by atoms with Crippen LogP contribution in [0.2, 0.25) is 0 Å². The molecule has 1 aromatic rings. The molecule has 10 heavy (non-hydrogen) atoms. The molecule has 0 aliphatic heterocycles. The second-order valence-electron chi connectivity index (χ2n) is 1.28. The van der Waals surface area contributed by atoms with Crippen LogP contribution in [0.3, 0.4) is 0 Å². The summed E-state index contributed by atoms with van der Waals surface area (Å²) in [6, 6.07) is 0. The summed E-state index contributed by atoms with van der Waals surface area (Å²) < 4.78 is 3.94. The minimum atomic E-state index is -0.829. The van der Waals surface area contributed by atoms with Crippen molar-refractivity contribution in [3.63, 3.8) is 0 Å². The lowest BCUT2D eigenvalue weighted by molar-refractivity contribution is -0.389. The molecular weight excluding hydrogens is 140 g/mol. The van der Waals surface area contributed by atoms with Crippen LogP contribution >= 0.6 is 0 Å². The molecule has 0 saturated heterocycles. The maximum atomic E-state index is 9.94. The van der Waals surface area contributed by atoms with Crippen molar-refractivity contribution in [1.29, 1.82) is 0 Å². The van der Waals surface area contributed by atoms with E-state index in [9.17, 15) is 10.1 Å². The molecule has 0 aliphatic rings. The molecule has 1 aromatic heterocycles. The molecule has 0 aromatic carbocycles. The van der Waals surface area contributed by atoms with Gasteiger partial charge in [0, 0.05) is 0 Å². The lowest BCUT2D eigenvalue weighted by Gasteiger charge is -1.81. The molecule has 0 unspecified atom stereocenters. The monoisotopic (exact) mass is 140 g/mol. The fraction of sp³-hybridized carbons (Fsp3) is 0. The molecule has 50 valence electrons. The summed E-state index contributed by atoms with van der Waals surface area (Å²) in [5.74, 6) is -1.07. The van der Waals surface area contributed by atoms with Gasteiger partial charge in [0.15, 0.2) is 0 Å². The van der Waals surface area contributed by atoms with E-state index in [1.54, 1.807) is 0 Å². The summed E-state index contributed by atoms with van der Waals surface area (Å²) in [7, 11) is 0. The molecule has 1 rings (SSSR count). The molecule has 0 bridgehead atoms. The Hall–Kier alpha value is -1.97. The van der Waals surface area contributed by atoms with Crippen LogP contribution in [0.25, 0.3) is 4.85 Å². The first-order valence-electron chi connectivity index (χ1n) is 2.10. The zero-order valence-corrected chi connectivity index (χ0v) is 4.51. The molecule has 0 aliphatic carbocycles. The van der Waals surface area contributed by atoms with Crippen molar-refractivity contribution in [1.82, 2.24) is 10.3 Å². The van der Waals surface area contributed by atoms with E-state index in [4.69, 9.17) is 6.57 Å². The number of nitro groups is 1. The lowest BCUT2D eigenvalue weighted by atomic mass is 10.7. The Morgan fingerprint density at radius 3 is 2.80 bits per heavy atom. The van der Waals surface area contributed by atoms with Gasteiger partial charge >= 0.3 is 11.6 Å². The van der Waals surface area contributed by atoms with Crippen LogP contribution in [0.4, 0.5) is 11.6 Å². The summed E-state index contributed by atoms with van der Waals surface area (Å²) in [5.41, 5.74) is 0. The summed E-state index contributed by atoms with van der Waals surface area (Å²) >= 11 is 0. The van der Waals surface area contributed by atoms with Crippen molar-refractivity contribution in [2.24, 2.45) is 0 Å². The topological polar surface area (TPSA) is 86.4 Å². The maximum absolute atomic E-state index is 9.94. The lowest BCUT2D eigenvalue weighted by Crippen LogP contribution is -1.86. The number of hydrogen-bond acceptors (Lipinski definition) is 5. The van der Waals surface area contributed by atoms with E-state index in [1.807, 2.05) is 0 Å². The molecule has 1 heterocycles. The van der Waals surface area contributed by atoms with Crippen molar-refractivity contribution in [2.75, 3.05) is 0 Å². The molecule has 0 fully saturated rings. The summed E-state index contributed by atoms with van der Waals surface area (Å²) in [5, 5.41) is 15.8. The van der Waals surface area contributed by atoms with Crippen LogP contribution < -0.4 is 0 Å². The third-order valence-corrected chi connectivity index (χ3v) is 0.733. The predicted octanol–water partition coefficient (Wildman–Crippen LogP) is 0.529. The number of aromatic nitrogens is 2. The summed E-state index contributed by atoms with van der Waals surface area (Å²) in [4.78, 5) is 11.8. The van der Waals surface area contributed by atoms with Crippen molar-refractivity contribution >= 4 is 11.6 Å². The highest BCUT2D eigenvalue weighted by Gasteiger charge is 2.22. The Morgan fingerprint density at radius 2 is 2.40 bits per heavy atom. The average Bonchev–Trinajstić information content (AvgIpc) is 2.33. The molecule has 0 spiro atoms. The Bertz CT molecular complexity index is 297.